The second kappa shape index (κ2) is 6.31. The Labute approximate surface area is 106 Å². The summed E-state index contributed by atoms with van der Waals surface area (Å²) in [5.41, 5.74) is 0.302. The molecule has 3 N–H and O–H groups in total. The highest BCUT2D eigenvalue weighted by Gasteiger charge is 2.19. The zero-order valence-corrected chi connectivity index (χ0v) is 10.3. The second-order valence-electron chi connectivity index (χ2n) is 3.24. The van der Waals surface area contributed by atoms with Crippen LogP contribution >= 0.6 is 15.9 Å². The number of rotatable bonds is 5. The molecule has 17 heavy (non-hydrogen) atoms. The van der Waals surface area contributed by atoms with Gasteiger partial charge in [0.05, 0.1) is 0 Å². The van der Waals surface area contributed by atoms with E-state index in [1.165, 1.54) is 18.3 Å². The Morgan fingerprint density at radius 3 is 2.76 bits per heavy atom. The smallest absolute Gasteiger partial charge is 0.326 e. The molecular weight excluding hydrogens is 292 g/mol. The van der Waals surface area contributed by atoms with Crippen LogP contribution in [0.2, 0.25) is 0 Å². The molecular formula is C10H11BrN2O4. The van der Waals surface area contributed by atoms with Gasteiger partial charge in [-0.1, -0.05) is 0 Å². The number of carboxylic acid groups (broad SMARTS) is 1. The standard InChI is InChI=1S/C10H11BrN2O4/c11-8-5-6(1-3-12-8)9(15)13-7(2-4-14)10(16)17/h1,3,5,7,14H,2,4H2,(H,13,15)(H,16,17)/t7-/m1/s1. The van der Waals surface area contributed by atoms with E-state index < -0.39 is 17.9 Å². The van der Waals surface area contributed by atoms with E-state index >= 15 is 0 Å². The third-order valence-corrected chi connectivity index (χ3v) is 2.44. The molecule has 1 heterocycles. The predicted molar refractivity (Wildman–Crippen MR) is 62.5 cm³/mol. The molecule has 92 valence electrons. The molecule has 0 fully saturated rings. The van der Waals surface area contributed by atoms with E-state index in [1.54, 1.807) is 0 Å². The highest BCUT2D eigenvalue weighted by molar-refractivity contribution is 9.10. The Bertz CT molecular complexity index is 425. The fourth-order valence-corrected chi connectivity index (χ4v) is 1.54. The number of amides is 1. The number of nitrogens with one attached hydrogen (secondary N) is 1. The highest BCUT2D eigenvalue weighted by atomic mass is 79.9. The predicted octanol–water partition coefficient (Wildman–Crippen LogP) is 0.409. The normalized spacial score (nSPS) is 11.9. The van der Waals surface area contributed by atoms with Crippen LogP contribution in [0.3, 0.4) is 0 Å². The van der Waals surface area contributed by atoms with Crippen molar-refractivity contribution in [3.8, 4) is 0 Å². The number of aliphatic carboxylic acids is 1. The van der Waals surface area contributed by atoms with Gasteiger partial charge in [-0.25, -0.2) is 9.78 Å². The van der Waals surface area contributed by atoms with Gasteiger partial charge in [0, 0.05) is 24.8 Å². The number of nitrogens with zero attached hydrogens (tertiary/aromatic N) is 1. The zero-order valence-electron chi connectivity index (χ0n) is 8.76. The van der Waals surface area contributed by atoms with Crippen molar-refractivity contribution in [2.75, 3.05) is 6.61 Å². The van der Waals surface area contributed by atoms with Gasteiger partial charge in [0.2, 0.25) is 0 Å². The third kappa shape index (κ3) is 4.12. The summed E-state index contributed by atoms with van der Waals surface area (Å²) >= 11 is 3.11. The van der Waals surface area contributed by atoms with E-state index in [-0.39, 0.29) is 13.0 Å². The fourth-order valence-electron chi connectivity index (χ4n) is 1.17. The highest BCUT2D eigenvalue weighted by Crippen LogP contribution is 2.08. The lowest BCUT2D eigenvalue weighted by atomic mass is 10.2. The first-order chi connectivity index (χ1) is 8.04. The molecule has 7 heteroatoms. The Kier molecular flexibility index (Phi) is 5.05. The summed E-state index contributed by atoms with van der Waals surface area (Å²) in [6.45, 7) is -0.308. The number of carbonyl (C=O) groups is 2. The van der Waals surface area contributed by atoms with Gasteiger partial charge in [0.25, 0.3) is 5.91 Å². The van der Waals surface area contributed by atoms with Crippen molar-refractivity contribution in [1.82, 2.24) is 10.3 Å². The van der Waals surface area contributed by atoms with Crippen molar-refractivity contribution in [3.05, 3.63) is 28.5 Å². The molecule has 0 saturated carbocycles. The van der Waals surface area contributed by atoms with Gasteiger partial charge < -0.3 is 15.5 Å². The van der Waals surface area contributed by atoms with Crippen LogP contribution in [0.1, 0.15) is 16.8 Å². The molecule has 0 aliphatic heterocycles. The van der Waals surface area contributed by atoms with Crippen LogP contribution in [0.25, 0.3) is 0 Å². The maximum atomic E-state index is 11.7. The average molecular weight is 303 g/mol. The summed E-state index contributed by atoms with van der Waals surface area (Å²) in [6, 6.07) is 1.85. The molecule has 0 aliphatic carbocycles. The third-order valence-electron chi connectivity index (χ3n) is 2.01. The minimum atomic E-state index is -1.18. The molecule has 0 saturated heterocycles. The van der Waals surface area contributed by atoms with Crippen molar-refractivity contribution < 1.29 is 19.8 Å². The lowest BCUT2D eigenvalue weighted by molar-refractivity contribution is -0.139. The van der Waals surface area contributed by atoms with Gasteiger partial charge >= 0.3 is 5.97 Å². The van der Waals surface area contributed by atoms with Crippen LogP contribution in [-0.4, -0.2) is 39.7 Å². The van der Waals surface area contributed by atoms with E-state index in [4.69, 9.17) is 10.2 Å². The van der Waals surface area contributed by atoms with Gasteiger partial charge in [0.1, 0.15) is 10.6 Å². The van der Waals surface area contributed by atoms with Gasteiger partial charge in [0.15, 0.2) is 0 Å². The minimum Gasteiger partial charge on any atom is -0.480 e. The van der Waals surface area contributed by atoms with Crippen molar-refractivity contribution in [3.63, 3.8) is 0 Å². The average Bonchev–Trinajstić information content (AvgIpc) is 2.28. The first-order valence-electron chi connectivity index (χ1n) is 4.80. The van der Waals surface area contributed by atoms with Gasteiger partial charge in [-0.15, -0.1) is 0 Å². The van der Waals surface area contributed by atoms with Crippen molar-refractivity contribution in [2.24, 2.45) is 0 Å². The van der Waals surface area contributed by atoms with E-state index in [0.717, 1.165) is 0 Å². The molecule has 0 unspecified atom stereocenters. The van der Waals surface area contributed by atoms with Gasteiger partial charge in [-0.05, 0) is 28.1 Å². The maximum Gasteiger partial charge on any atom is 0.326 e. The largest absolute Gasteiger partial charge is 0.480 e. The number of hydrogen-bond donors (Lipinski definition) is 3. The van der Waals surface area contributed by atoms with Crippen LogP contribution in [0.15, 0.2) is 22.9 Å². The molecule has 0 spiro atoms. The molecule has 1 rings (SSSR count). The number of pyridine rings is 1. The van der Waals surface area contributed by atoms with Crippen LogP contribution in [0.4, 0.5) is 0 Å². The number of carboxylic acids is 1. The van der Waals surface area contributed by atoms with E-state index in [2.05, 4.69) is 26.2 Å². The molecule has 0 bridgehead atoms. The number of aliphatic hydroxyl groups is 1. The molecule has 0 aliphatic rings. The molecule has 1 aromatic heterocycles. The quantitative estimate of drug-likeness (QED) is 0.684. The lowest BCUT2D eigenvalue weighted by Crippen LogP contribution is -2.41. The van der Waals surface area contributed by atoms with Crippen molar-refractivity contribution >= 4 is 27.8 Å². The summed E-state index contributed by atoms with van der Waals surface area (Å²) in [5, 5.41) is 19.8. The van der Waals surface area contributed by atoms with Gasteiger partial charge in [-0.3, -0.25) is 4.79 Å². The Hall–Kier alpha value is -1.47. The van der Waals surface area contributed by atoms with Crippen molar-refractivity contribution in [1.29, 1.82) is 0 Å². The molecule has 1 atom stereocenters. The molecule has 1 amide bonds. The molecule has 0 radical (unpaired) electrons. The summed E-state index contributed by atoms with van der Waals surface area (Å²) in [4.78, 5) is 26.3. The minimum absolute atomic E-state index is 0.0344. The monoisotopic (exact) mass is 302 g/mol. The molecule has 0 aromatic carbocycles. The Balaban J connectivity index is 2.73. The van der Waals surface area contributed by atoms with Crippen LogP contribution < -0.4 is 5.32 Å². The van der Waals surface area contributed by atoms with Crippen LogP contribution in [0.5, 0.6) is 0 Å². The Morgan fingerprint density at radius 2 is 2.24 bits per heavy atom. The zero-order chi connectivity index (χ0) is 12.8. The number of hydrogen-bond acceptors (Lipinski definition) is 4. The summed E-state index contributed by atoms with van der Waals surface area (Å²) in [6.07, 6.45) is 1.40. The van der Waals surface area contributed by atoms with Crippen LogP contribution in [0, 0.1) is 0 Å². The van der Waals surface area contributed by atoms with E-state index in [0.29, 0.717) is 10.2 Å². The lowest BCUT2D eigenvalue weighted by Gasteiger charge is -2.13. The topological polar surface area (TPSA) is 99.5 Å². The molecule has 1 aromatic rings. The number of aromatic nitrogens is 1. The van der Waals surface area contributed by atoms with E-state index in [1.807, 2.05) is 0 Å². The summed E-state index contributed by atoms with van der Waals surface area (Å²) in [5.74, 6) is -1.70. The molecule has 6 nitrogen and oxygen atoms in total. The first kappa shape index (κ1) is 13.6. The van der Waals surface area contributed by atoms with Crippen LogP contribution in [-0.2, 0) is 4.79 Å². The fraction of sp³-hybridized carbons (Fsp3) is 0.300. The first-order valence-corrected chi connectivity index (χ1v) is 5.60. The maximum absolute atomic E-state index is 11.7. The summed E-state index contributed by atoms with van der Waals surface area (Å²) < 4.78 is 0.485. The number of halogens is 1. The number of carbonyl (C=O) groups excluding carboxylic acids is 1. The SMILES string of the molecule is O=C(N[C@H](CCO)C(=O)O)c1ccnc(Br)c1. The van der Waals surface area contributed by atoms with Crippen molar-refractivity contribution in [2.45, 2.75) is 12.5 Å². The second-order valence-corrected chi connectivity index (χ2v) is 4.06. The summed E-state index contributed by atoms with van der Waals surface area (Å²) in [7, 11) is 0. The number of aliphatic hydroxyl groups excluding tert-OH is 1. The van der Waals surface area contributed by atoms with Gasteiger partial charge in [-0.2, -0.15) is 0 Å². The van der Waals surface area contributed by atoms with E-state index in [9.17, 15) is 9.59 Å². The Morgan fingerprint density at radius 1 is 1.53 bits per heavy atom.